The summed E-state index contributed by atoms with van der Waals surface area (Å²) in [6, 6.07) is 9.48. The lowest BCUT2D eigenvalue weighted by Crippen LogP contribution is -2.20. The van der Waals surface area contributed by atoms with E-state index in [2.05, 4.69) is 5.32 Å². The molecule has 1 N–H and O–H groups in total. The maximum Gasteiger partial charge on any atom is 0.244 e. The molecule has 4 nitrogen and oxygen atoms in total. The fraction of sp³-hybridized carbons (Fsp3) is 0.188. The molecule has 0 aliphatic rings. The van der Waals surface area contributed by atoms with Gasteiger partial charge in [0, 0.05) is 17.5 Å². The highest BCUT2D eigenvalue weighted by molar-refractivity contribution is 7.10. The Morgan fingerprint density at radius 2 is 2.05 bits per heavy atom. The number of nitrogens with one attached hydrogen (secondary N) is 1. The van der Waals surface area contributed by atoms with Crippen LogP contribution in [0.4, 0.5) is 0 Å². The minimum atomic E-state index is -0.127. The SMILES string of the molecule is COc1ccc(CNC(=O)/C=C/c2cccs2)cc1OC. The van der Waals surface area contributed by atoms with Crippen molar-refractivity contribution in [3.05, 3.63) is 52.2 Å². The summed E-state index contributed by atoms with van der Waals surface area (Å²) in [5.41, 5.74) is 0.950. The molecular formula is C16H17NO3S. The van der Waals surface area contributed by atoms with Crippen LogP contribution in [-0.4, -0.2) is 20.1 Å². The smallest absolute Gasteiger partial charge is 0.244 e. The number of thiophene rings is 1. The number of carbonyl (C=O) groups excluding carboxylic acids is 1. The molecule has 0 unspecified atom stereocenters. The molecular weight excluding hydrogens is 286 g/mol. The van der Waals surface area contributed by atoms with Crippen LogP contribution in [0, 0.1) is 0 Å². The van der Waals surface area contributed by atoms with Gasteiger partial charge in [0.25, 0.3) is 0 Å². The van der Waals surface area contributed by atoms with E-state index in [1.54, 1.807) is 31.6 Å². The predicted octanol–water partition coefficient (Wildman–Crippen LogP) is 3.09. The number of methoxy groups -OCH3 is 2. The van der Waals surface area contributed by atoms with Gasteiger partial charge in [0.2, 0.25) is 5.91 Å². The first-order valence-electron chi connectivity index (χ1n) is 6.43. The molecule has 0 spiro atoms. The van der Waals surface area contributed by atoms with Gasteiger partial charge in [-0.1, -0.05) is 12.1 Å². The monoisotopic (exact) mass is 303 g/mol. The fourth-order valence-corrected chi connectivity index (χ4v) is 2.40. The van der Waals surface area contributed by atoms with E-state index >= 15 is 0 Å². The Hall–Kier alpha value is -2.27. The Morgan fingerprint density at radius 3 is 2.71 bits per heavy atom. The highest BCUT2D eigenvalue weighted by atomic mass is 32.1. The topological polar surface area (TPSA) is 47.6 Å². The van der Waals surface area contributed by atoms with E-state index in [1.165, 1.54) is 6.08 Å². The van der Waals surface area contributed by atoms with Crippen molar-refractivity contribution in [3.8, 4) is 11.5 Å². The van der Waals surface area contributed by atoms with Gasteiger partial charge in [-0.3, -0.25) is 4.79 Å². The van der Waals surface area contributed by atoms with E-state index in [-0.39, 0.29) is 5.91 Å². The van der Waals surface area contributed by atoms with Gasteiger partial charge in [0.1, 0.15) is 0 Å². The maximum atomic E-state index is 11.7. The van der Waals surface area contributed by atoms with E-state index in [0.717, 1.165) is 10.4 Å². The van der Waals surface area contributed by atoms with Gasteiger partial charge in [0.05, 0.1) is 14.2 Å². The summed E-state index contributed by atoms with van der Waals surface area (Å²) >= 11 is 1.59. The minimum absolute atomic E-state index is 0.127. The molecule has 1 amide bonds. The molecule has 2 rings (SSSR count). The van der Waals surface area contributed by atoms with Crippen LogP contribution in [0.25, 0.3) is 6.08 Å². The Balaban J connectivity index is 1.92. The highest BCUT2D eigenvalue weighted by Gasteiger charge is 2.05. The van der Waals surface area contributed by atoms with E-state index in [1.807, 2.05) is 35.7 Å². The molecule has 1 heterocycles. The van der Waals surface area contributed by atoms with E-state index in [0.29, 0.717) is 18.0 Å². The van der Waals surface area contributed by atoms with Crippen molar-refractivity contribution in [1.82, 2.24) is 5.32 Å². The third-order valence-electron chi connectivity index (χ3n) is 2.86. The number of carbonyl (C=O) groups is 1. The Bertz CT molecular complexity index is 620. The van der Waals surface area contributed by atoms with Crippen LogP contribution in [0.15, 0.2) is 41.8 Å². The third kappa shape index (κ3) is 4.36. The van der Waals surface area contributed by atoms with Gasteiger partial charge in [-0.15, -0.1) is 11.3 Å². The zero-order valence-corrected chi connectivity index (χ0v) is 12.8. The van der Waals surface area contributed by atoms with Crippen LogP contribution >= 0.6 is 11.3 Å². The van der Waals surface area contributed by atoms with E-state index < -0.39 is 0 Å². The van der Waals surface area contributed by atoms with Crippen LogP contribution in [0.1, 0.15) is 10.4 Å². The number of hydrogen-bond donors (Lipinski definition) is 1. The fourth-order valence-electron chi connectivity index (χ4n) is 1.78. The van der Waals surface area contributed by atoms with Crippen molar-refractivity contribution in [2.24, 2.45) is 0 Å². The maximum absolute atomic E-state index is 11.7. The van der Waals surface area contributed by atoms with Crippen molar-refractivity contribution < 1.29 is 14.3 Å². The summed E-state index contributed by atoms with van der Waals surface area (Å²) in [6.45, 7) is 0.438. The first-order valence-corrected chi connectivity index (χ1v) is 7.31. The molecule has 1 aromatic heterocycles. The quantitative estimate of drug-likeness (QED) is 0.834. The first kappa shape index (κ1) is 15.1. The van der Waals surface area contributed by atoms with Gasteiger partial charge in [-0.25, -0.2) is 0 Å². The number of ether oxygens (including phenoxy) is 2. The molecule has 0 radical (unpaired) electrons. The second kappa shape index (κ2) is 7.50. The molecule has 0 saturated carbocycles. The minimum Gasteiger partial charge on any atom is -0.493 e. The molecule has 0 atom stereocenters. The number of benzene rings is 1. The summed E-state index contributed by atoms with van der Waals surface area (Å²) in [7, 11) is 3.18. The number of rotatable bonds is 6. The van der Waals surface area contributed by atoms with Gasteiger partial charge in [0.15, 0.2) is 11.5 Å². The standard InChI is InChI=1S/C16H17NO3S/c1-19-14-7-5-12(10-15(14)20-2)11-17-16(18)8-6-13-4-3-9-21-13/h3-10H,11H2,1-2H3,(H,17,18)/b8-6+. The average molecular weight is 303 g/mol. The zero-order valence-electron chi connectivity index (χ0n) is 12.0. The van der Waals surface area contributed by atoms with Gasteiger partial charge in [-0.05, 0) is 35.2 Å². The van der Waals surface area contributed by atoms with Gasteiger partial charge >= 0.3 is 0 Å². The van der Waals surface area contributed by atoms with Crippen molar-refractivity contribution in [1.29, 1.82) is 0 Å². The Kier molecular flexibility index (Phi) is 5.40. The second-order valence-electron chi connectivity index (χ2n) is 4.26. The lowest BCUT2D eigenvalue weighted by Gasteiger charge is -2.09. The Labute approximate surface area is 128 Å². The summed E-state index contributed by atoms with van der Waals surface area (Å²) in [5, 5.41) is 4.81. The molecule has 21 heavy (non-hydrogen) atoms. The summed E-state index contributed by atoms with van der Waals surface area (Å²) in [6.07, 6.45) is 3.33. The van der Waals surface area contributed by atoms with Crippen LogP contribution in [-0.2, 0) is 11.3 Å². The molecule has 0 fully saturated rings. The zero-order chi connectivity index (χ0) is 15.1. The number of hydrogen-bond acceptors (Lipinski definition) is 4. The van der Waals surface area contributed by atoms with Crippen LogP contribution in [0.5, 0.6) is 11.5 Å². The average Bonchev–Trinajstić information content (AvgIpc) is 3.04. The van der Waals surface area contributed by atoms with Crippen molar-refractivity contribution in [3.63, 3.8) is 0 Å². The van der Waals surface area contributed by atoms with E-state index in [4.69, 9.17) is 9.47 Å². The second-order valence-corrected chi connectivity index (χ2v) is 5.24. The van der Waals surface area contributed by atoms with E-state index in [9.17, 15) is 4.79 Å². The molecule has 0 bridgehead atoms. The summed E-state index contributed by atoms with van der Waals surface area (Å²) < 4.78 is 10.4. The lowest BCUT2D eigenvalue weighted by atomic mass is 10.2. The summed E-state index contributed by atoms with van der Waals surface area (Å²) in [4.78, 5) is 12.8. The molecule has 1 aromatic carbocycles. The first-order chi connectivity index (χ1) is 10.2. The molecule has 0 saturated heterocycles. The molecule has 0 aliphatic carbocycles. The third-order valence-corrected chi connectivity index (χ3v) is 3.69. The van der Waals surface area contributed by atoms with Gasteiger partial charge < -0.3 is 14.8 Å². The summed E-state index contributed by atoms with van der Waals surface area (Å²) in [5.74, 6) is 1.20. The van der Waals surface area contributed by atoms with Crippen LogP contribution in [0.3, 0.4) is 0 Å². The normalized spacial score (nSPS) is 10.6. The van der Waals surface area contributed by atoms with Crippen molar-refractivity contribution in [2.45, 2.75) is 6.54 Å². The highest BCUT2D eigenvalue weighted by Crippen LogP contribution is 2.27. The van der Waals surface area contributed by atoms with Crippen LogP contribution < -0.4 is 14.8 Å². The van der Waals surface area contributed by atoms with Crippen molar-refractivity contribution in [2.75, 3.05) is 14.2 Å². The van der Waals surface area contributed by atoms with Gasteiger partial charge in [-0.2, -0.15) is 0 Å². The lowest BCUT2D eigenvalue weighted by molar-refractivity contribution is -0.116. The van der Waals surface area contributed by atoms with Crippen molar-refractivity contribution >= 4 is 23.3 Å². The largest absolute Gasteiger partial charge is 0.493 e. The number of amides is 1. The predicted molar refractivity (Wildman–Crippen MR) is 84.7 cm³/mol. The van der Waals surface area contributed by atoms with Crippen LogP contribution in [0.2, 0.25) is 0 Å². The molecule has 0 aliphatic heterocycles. The Morgan fingerprint density at radius 1 is 1.24 bits per heavy atom. The molecule has 2 aromatic rings. The molecule has 110 valence electrons. The molecule has 5 heteroatoms.